The van der Waals surface area contributed by atoms with Crippen LogP contribution in [0.3, 0.4) is 0 Å². The molecule has 4 rings (SSSR count). The number of benzene rings is 2. The zero-order chi connectivity index (χ0) is 22.9. The first kappa shape index (κ1) is 21.7. The molecule has 3 N–H and O–H groups in total. The molecule has 4 aromatic rings. The first-order valence-corrected chi connectivity index (χ1v) is 11.8. The largest absolute Gasteiger partial charge is 0.368 e. The minimum absolute atomic E-state index is 0.233. The maximum atomic E-state index is 13.2. The Labute approximate surface area is 185 Å². The van der Waals surface area contributed by atoms with Crippen LogP contribution in [0, 0.1) is 5.82 Å². The third kappa shape index (κ3) is 4.86. The summed E-state index contributed by atoms with van der Waals surface area (Å²) in [6.45, 7) is 4.72. The van der Waals surface area contributed by atoms with Crippen LogP contribution in [0.15, 0.2) is 54.6 Å². The quantitative estimate of drug-likeness (QED) is 0.390. The van der Waals surface area contributed by atoms with Gasteiger partial charge in [0, 0.05) is 22.9 Å². The second kappa shape index (κ2) is 8.19. The van der Waals surface area contributed by atoms with Gasteiger partial charge in [0.1, 0.15) is 11.6 Å². The normalized spacial score (nSPS) is 12.1. The fraction of sp³-hybridized carbons (Fsp3) is 0.227. The Balaban J connectivity index is 1.50. The Morgan fingerprint density at radius 2 is 1.78 bits per heavy atom. The van der Waals surface area contributed by atoms with Gasteiger partial charge < -0.3 is 5.32 Å². The van der Waals surface area contributed by atoms with Crippen LogP contribution in [0.5, 0.6) is 0 Å². The minimum Gasteiger partial charge on any atom is -0.368 e. The van der Waals surface area contributed by atoms with E-state index in [-0.39, 0.29) is 17.1 Å². The van der Waals surface area contributed by atoms with Gasteiger partial charge in [0.25, 0.3) is 0 Å². The van der Waals surface area contributed by atoms with Gasteiger partial charge in [-0.1, -0.05) is 32.0 Å². The van der Waals surface area contributed by atoms with E-state index < -0.39 is 10.0 Å². The SMILES string of the molecule is CC(C)(CNc1ccc(-c2ccc3[nH]nc(NS(C)(=O)=O)c3c2)nn1)c1ccc(F)cc1. The molecule has 0 unspecified atom stereocenters. The summed E-state index contributed by atoms with van der Waals surface area (Å²) in [4.78, 5) is 0. The number of nitrogens with zero attached hydrogens (tertiary/aromatic N) is 3. The highest BCUT2D eigenvalue weighted by molar-refractivity contribution is 7.92. The number of rotatable bonds is 7. The molecule has 10 heteroatoms. The molecule has 0 aliphatic heterocycles. The Hall–Kier alpha value is -3.53. The fourth-order valence-corrected chi connectivity index (χ4v) is 3.83. The number of hydrogen-bond donors (Lipinski definition) is 3. The summed E-state index contributed by atoms with van der Waals surface area (Å²) in [5.74, 6) is 0.596. The number of aromatic amines is 1. The number of anilines is 2. The van der Waals surface area contributed by atoms with Crippen LogP contribution in [0.1, 0.15) is 19.4 Å². The molecule has 8 nitrogen and oxygen atoms in total. The lowest BCUT2D eigenvalue weighted by atomic mass is 9.84. The van der Waals surface area contributed by atoms with Crippen LogP contribution < -0.4 is 10.0 Å². The predicted molar refractivity (Wildman–Crippen MR) is 124 cm³/mol. The van der Waals surface area contributed by atoms with Gasteiger partial charge in [-0.05, 0) is 42.0 Å². The van der Waals surface area contributed by atoms with Gasteiger partial charge in [0.2, 0.25) is 10.0 Å². The van der Waals surface area contributed by atoms with Gasteiger partial charge in [-0.3, -0.25) is 9.82 Å². The van der Waals surface area contributed by atoms with E-state index in [2.05, 4.69) is 44.3 Å². The van der Waals surface area contributed by atoms with Gasteiger partial charge in [-0.15, -0.1) is 10.2 Å². The second-order valence-electron chi connectivity index (χ2n) is 8.25. The van der Waals surface area contributed by atoms with E-state index in [0.29, 0.717) is 29.0 Å². The average Bonchev–Trinajstić information content (AvgIpc) is 3.13. The maximum Gasteiger partial charge on any atom is 0.231 e. The van der Waals surface area contributed by atoms with Crippen LogP contribution in [-0.4, -0.2) is 41.6 Å². The molecule has 0 radical (unpaired) electrons. The first-order valence-electron chi connectivity index (χ1n) is 9.91. The molecule has 32 heavy (non-hydrogen) atoms. The van der Waals surface area contributed by atoms with E-state index >= 15 is 0 Å². The summed E-state index contributed by atoms with van der Waals surface area (Å²) in [5, 5.41) is 19.3. The van der Waals surface area contributed by atoms with Crippen LogP contribution in [-0.2, 0) is 15.4 Å². The monoisotopic (exact) mass is 454 g/mol. The molecule has 0 fully saturated rings. The van der Waals surface area contributed by atoms with E-state index in [1.165, 1.54) is 12.1 Å². The minimum atomic E-state index is -3.45. The Morgan fingerprint density at radius 3 is 2.44 bits per heavy atom. The lowest BCUT2D eigenvalue weighted by Gasteiger charge is -2.25. The lowest BCUT2D eigenvalue weighted by molar-refractivity contribution is 0.552. The predicted octanol–water partition coefficient (Wildman–Crippen LogP) is 3.92. The van der Waals surface area contributed by atoms with Gasteiger partial charge in [0.15, 0.2) is 5.82 Å². The molecule has 0 atom stereocenters. The standard InChI is InChI=1S/C22H23FN6O2S/c1-22(2,15-5-7-16(23)8-6-15)13-24-20-11-10-18(25-27-20)14-4-9-19-17(12-14)21(28-26-19)29-32(3,30)31/h4-12H,13H2,1-3H3,(H,24,27)(H2,26,28,29). The molecule has 0 bridgehead atoms. The van der Waals surface area contributed by atoms with E-state index in [0.717, 1.165) is 17.4 Å². The average molecular weight is 455 g/mol. The highest BCUT2D eigenvalue weighted by Gasteiger charge is 2.20. The van der Waals surface area contributed by atoms with Crippen LogP contribution in [0.25, 0.3) is 22.2 Å². The zero-order valence-electron chi connectivity index (χ0n) is 17.8. The number of sulfonamides is 1. The summed E-state index contributed by atoms with van der Waals surface area (Å²) in [7, 11) is -3.45. The second-order valence-corrected chi connectivity index (χ2v) is 10.0. The number of aromatic nitrogens is 4. The molecular weight excluding hydrogens is 431 g/mol. The van der Waals surface area contributed by atoms with Crippen LogP contribution >= 0.6 is 0 Å². The van der Waals surface area contributed by atoms with Gasteiger partial charge in [-0.2, -0.15) is 5.10 Å². The fourth-order valence-electron chi connectivity index (χ4n) is 3.32. The molecular formula is C22H23FN6O2S. The molecule has 2 heterocycles. The summed E-state index contributed by atoms with van der Waals surface area (Å²) in [5.41, 5.74) is 2.91. The van der Waals surface area contributed by atoms with Gasteiger partial charge >= 0.3 is 0 Å². The van der Waals surface area contributed by atoms with Gasteiger partial charge in [0.05, 0.1) is 17.5 Å². The van der Waals surface area contributed by atoms with E-state index in [4.69, 9.17) is 0 Å². The molecule has 2 aromatic carbocycles. The van der Waals surface area contributed by atoms with Crippen molar-refractivity contribution in [2.24, 2.45) is 0 Å². The van der Waals surface area contributed by atoms with Crippen molar-refractivity contribution in [2.45, 2.75) is 19.3 Å². The molecule has 0 spiro atoms. The van der Waals surface area contributed by atoms with E-state index in [1.807, 2.05) is 24.3 Å². The third-order valence-electron chi connectivity index (χ3n) is 5.14. The van der Waals surface area contributed by atoms with Crippen molar-refractivity contribution < 1.29 is 12.8 Å². The first-order chi connectivity index (χ1) is 15.1. The maximum absolute atomic E-state index is 13.2. The van der Waals surface area contributed by atoms with Crippen molar-refractivity contribution in [3.63, 3.8) is 0 Å². The van der Waals surface area contributed by atoms with E-state index in [9.17, 15) is 12.8 Å². The molecule has 0 saturated carbocycles. The smallest absolute Gasteiger partial charge is 0.231 e. The number of H-pyrrole nitrogens is 1. The number of nitrogens with one attached hydrogen (secondary N) is 3. The summed E-state index contributed by atoms with van der Waals surface area (Å²) < 4.78 is 38.7. The third-order valence-corrected chi connectivity index (χ3v) is 5.71. The van der Waals surface area contributed by atoms with Gasteiger partial charge in [-0.25, -0.2) is 12.8 Å². The molecule has 0 aliphatic carbocycles. The van der Waals surface area contributed by atoms with Crippen LogP contribution in [0.4, 0.5) is 16.0 Å². The molecule has 0 aliphatic rings. The molecule has 0 amide bonds. The topological polar surface area (TPSA) is 113 Å². The summed E-state index contributed by atoms with van der Waals surface area (Å²) in [6, 6.07) is 15.6. The number of fused-ring (bicyclic) bond motifs is 1. The highest BCUT2D eigenvalue weighted by atomic mass is 32.2. The van der Waals surface area contributed by atoms with Crippen molar-refractivity contribution in [3.05, 3.63) is 66.0 Å². The lowest BCUT2D eigenvalue weighted by Crippen LogP contribution is -2.28. The summed E-state index contributed by atoms with van der Waals surface area (Å²) >= 11 is 0. The van der Waals surface area contributed by atoms with Crippen molar-refractivity contribution in [3.8, 4) is 11.3 Å². The van der Waals surface area contributed by atoms with Crippen molar-refractivity contribution >= 4 is 32.6 Å². The van der Waals surface area contributed by atoms with Crippen molar-refractivity contribution in [2.75, 3.05) is 22.8 Å². The Kier molecular flexibility index (Phi) is 5.55. The zero-order valence-corrected chi connectivity index (χ0v) is 18.7. The van der Waals surface area contributed by atoms with Crippen molar-refractivity contribution in [1.29, 1.82) is 0 Å². The summed E-state index contributed by atoms with van der Waals surface area (Å²) in [6.07, 6.45) is 1.08. The Bertz CT molecular complexity index is 1350. The molecule has 166 valence electrons. The number of hydrogen-bond acceptors (Lipinski definition) is 6. The van der Waals surface area contributed by atoms with Crippen molar-refractivity contribution in [1.82, 2.24) is 20.4 Å². The molecule has 2 aromatic heterocycles. The van der Waals surface area contributed by atoms with E-state index in [1.54, 1.807) is 18.2 Å². The Morgan fingerprint density at radius 1 is 1.03 bits per heavy atom. The molecule has 0 saturated heterocycles. The van der Waals surface area contributed by atoms with Crippen LogP contribution in [0.2, 0.25) is 0 Å². The highest BCUT2D eigenvalue weighted by Crippen LogP contribution is 2.28. The number of halogens is 1.